The third kappa shape index (κ3) is 3.49. The minimum absolute atomic E-state index is 0.0735. The Balaban J connectivity index is 1.59. The van der Waals surface area contributed by atoms with Crippen molar-refractivity contribution >= 4 is 11.8 Å². The zero-order valence-corrected chi connectivity index (χ0v) is 16.6. The molecular weight excluding hydrogens is 356 g/mol. The third-order valence-electron chi connectivity index (χ3n) is 6.81. The number of morpholine rings is 1. The summed E-state index contributed by atoms with van der Waals surface area (Å²) < 4.78 is 10.7. The highest BCUT2D eigenvalue weighted by molar-refractivity contribution is 6.05. The topological polar surface area (TPSA) is 59.1 Å². The van der Waals surface area contributed by atoms with E-state index >= 15 is 0 Å². The Morgan fingerprint density at radius 2 is 1.96 bits per heavy atom. The molecule has 0 radical (unpaired) electrons. The number of Topliss-reactive ketones (excluding diaryl/α,β-unsaturated/α-hetero) is 1. The molecule has 3 fully saturated rings. The maximum absolute atomic E-state index is 13.3. The largest absolute Gasteiger partial charge is 0.468 e. The lowest BCUT2D eigenvalue weighted by Crippen LogP contribution is -2.61. The van der Waals surface area contributed by atoms with E-state index in [9.17, 15) is 9.59 Å². The predicted octanol–water partition coefficient (Wildman–Crippen LogP) is 1.87. The van der Waals surface area contributed by atoms with Crippen LogP contribution in [0.15, 0.2) is 30.3 Å². The molecule has 3 saturated heterocycles. The molecule has 2 bridgehead atoms. The van der Waals surface area contributed by atoms with Crippen molar-refractivity contribution in [2.45, 2.75) is 44.3 Å². The number of hydrogen-bond donors (Lipinski definition) is 0. The summed E-state index contributed by atoms with van der Waals surface area (Å²) in [6.45, 7) is 4.64. The first-order chi connectivity index (χ1) is 13.6. The van der Waals surface area contributed by atoms with Crippen LogP contribution in [0.5, 0.6) is 0 Å². The van der Waals surface area contributed by atoms with Gasteiger partial charge in [-0.05, 0) is 31.4 Å². The summed E-state index contributed by atoms with van der Waals surface area (Å²) in [5, 5.41) is 0. The van der Waals surface area contributed by atoms with Crippen LogP contribution >= 0.6 is 0 Å². The fraction of sp³-hybridized carbons (Fsp3) is 0.636. The van der Waals surface area contributed by atoms with E-state index in [4.69, 9.17) is 9.47 Å². The predicted molar refractivity (Wildman–Crippen MR) is 105 cm³/mol. The Morgan fingerprint density at radius 1 is 1.21 bits per heavy atom. The first-order valence-corrected chi connectivity index (χ1v) is 10.4. The van der Waals surface area contributed by atoms with E-state index in [0.717, 1.165) is 39.0 Å². The number of hydrogen-bond acceptors (Lipinski definition) is 6. The first-order valence-electron chi connectivity index (χ1n) is 10.4. The van der Waals surface area contributed by atoms with Gasteiger partial charge in [0.1, 0.15) is 5.41 Å². The fourth-order valence-corrected chi connectivity index (χ4v) is 5.30. The van der Waals surface area contributed by atoms with Gasteiger partial charge in [-0.15, -0.1) is 0 Å². The number of ketones is 1. The lowest BCUT2D eigenvalue weighted by atomic mass is 9.70. The van der Waals surface area contributed by atoms with Crippen LogP contribution in [0.3, 0.4) is 0 Å². The quantitative estimate of drug-likeness (QED) is 0.550. The average molecular weight is 386 g/mol. The molecule has 6 heteroatoms. The second-order valence-electron chi connectivity index (χ2n) is 8.20. The van der Waals surface area contributed by atoms with Gasteiger partial charge in [0.2, 0.25) is 0 Å². The highest BCUT2D eigenvalue weighted by Crippen LogP contribution is 2.48. The van der Waals surface area contributed by atoms with E-state index in [-0.39, 0.29) is 23.8 Å². The smallest absolute Gasteiger partial charge is 0.321 e. The summed E-state index contributed by atoms with van der Waals surface area (Å²) in [5.74, 6) is -0.279. The van der Waals surface area contributed by atoms with Crippen molar-refractivity contribution in [1.82, 2.24) is 9.80 Å². The van der Waals surface area contributed by atoms with Crippen LogP contribution in [0.25, 0.3) is 0 Å². The van der Waals surface area contributed by atoms with Crippen LogP contribution in [0.2, 0.25) is 0 Å². The summed E-state index contributed by atoms with van der Waals surface area (Å²) in [6, 6.07) is 10.5. The van der Waals surface area contributed by atoms with Crippen LogP contribution in [-0.2, 0) is 25.6 Å². The Hall–Kier alpha value is -1.76. The number of rotatable bonds is 6. The van der Waals surface area contributed by atoms with Gasteiger partial charge >= 0.3 is 5.97 Å². The fourth-order valence-electron chi connectivity index (χ4n) is 5.30. The number of nitrogens with zero attached hydrogens (tertiary/aromatic N) is 2. The molecule has 3 aliphatic heterocycles. The Labute approximate surface area is 166 Å². The van der Waals surface area contributed by atoms with Crippen molar-refractivity contribution in [3.8, 4) is 0 Å². The minimum atomic E-state index is -1.05. The van der Waals surface area contributed by atoms with E-state index in [1.54, 1.807) is 0 Å². The van der Waals surface area contributed by atoms with Crippen molar-refractivity contribution in [3.63, 3.8) is 0 Å². The number of esters is 1. The SMILES string of the molecule is COC(=O)[C@]1(CCN2CCOCC2)C(=O)C[C@H]2CC[C@@H]1N2Cc1ccccc1. The summed E-state index contributed by atoms with van der Waals surface area (Å²) in [5.41, 5.74) is 0.176. The summed E-state index contributed by atoms with van der Waals surface area (Å²) in [7, 11) is 1.41. The molecule has 0 aliphatic carbocycles. The number of ether oxygens (including phenoxy) is 2. The first kappa shape index (κ1) is 19.6. The molecule has 1 aromatic rings. The maximum Gasteiger partial charge on any atom is 0.321 e. The zero-order valence-electron chi connectivity index (χ0n) is 16.6. The molecule has 0 aromatic heterocycles. The lowest BCUT2D eigenvalue weighted by Gasteiger charge is -2.46. The van der Waals surface area contributed by atoms with Gasteiger partial charge in [-0.25, -0.2) is 0 Å². The number of benzene rings is 1. The molecule has 28 heavy (non-hydrogen) atoms. The van der Waals surface area contributed by atoms with Gasteiger partial charge in [0, 0.05) is 38.1 Å². The Kier molecular flexibility index (Phi) is 5.80. The van der Waals surface area contributed by atoms with E-state index < -0.39 is 5.41 Å². The monoisotopic (exact) mass is 386 g/mol. The van der Waals surface area contributed by atoms with Crippen LogP contribution in [0, 0.1) is 5.41 Å². The zero-order chi connectivity index (χ0) is 19.6. The van der Waals surface area contributed by atoms with Crippen molar-refractivity contribution < 1.29 is 19.1 Å². The molecule has 0 unspecified atom stereocenters. The van der Waals surface area contributed by atoms with E-state index in [1.165, 1.54) is 12.7 Å². The molecule has 0 amide bonds. The number of carbonyl (C=O) groups excluding carboxylic acids is 2. The van der Waals surface area contributed by atoms with Crippen molar-refractivity contribution in [3.05, 3.63) is 35.9 Å². The number of fused-ring (bicyclic) bond motifs is 2. The van der Waals surface area contributed by atoms with Gasteiger partial charge in [0.25, 0.3) is 0 Å². The normalized spacial score (nSPS) is 31.1. The molecule has 3 heterocycles. The van der Waals surface area contributed by atoms with Gasteiger partial charge in [-0.1, -0.05) is 30.3 Å². The molecule has 3 atom stereocenters. The van der Waals surface area contributed by atoms with Crippen LogP contribution < -0.4 is 0 Å². The molecule has 6 nitrogen and oxygen atoms in total. The van der Waals surface area contributed by atoms with Gasteiger partial charge < -0.3 is 9.47 Å². The summed E-state index contributed by atoms with van der Waals surface area (Å²) >= 11 is 0. The third-order valence-corrected chi connectivity index (χ3v) is 6.81. The average Bonchev–Trinajstić information content (AvgIpc) is 3.04. The van der Waals surface area contributed by atoms with E-state index in [1.807, 2.05) is 18.2 Å². The highest BCUT2D eigenvalue weighted by Gasteiger charge is 2.61. The Morgan fingerprint density at radius 3 is 2.68 bits per heavy atom. The second-order valence-corrected chi connectivity index (χ2v) is 8.20. The molecule has 0 N–H and O–H groups in total. The minimum Gasteiger partial charge on any atom is -0.468 e. The van der Waals surface area contributed by atoms with Crippen molar-refractivity contribution in [1.29, 1.82) is 0 Å². The maximum atomic E-state index is 13.3. The van der Waals surface area contributed by atoms with Gasteiger partial charge in [0.15, 0.2) is 5.78 Å². The number of methoxy groups -OCH3 is 1. The molecule has 0 spiro atoms. The van der Waals surface area contributed by atoms with Gasteiger partial charge in [-0.3, -0.25) is 19.4 Å². The molecular formula is C22H30N2O4. The molecule has 4 rings (SSSR count). The van der Waals surface area contributed by atoms with Gasteiger partial charge in [-0.2, -0.15) is 0 Å². The van der Waals surface area contributed by atoms with Crippen molar-refractivity contribution in [2.24, 2.45) is 5.41 Å². The highest BCUT2D eigenvalue weighted by atomic mass is 16.5. The number of piperidine rings is 1. The van der Waals surface area contributed by atoms with Crippen LogP contribution in [0.1, 0.15) is 31.2 Å². The molecule has 152 valence electrons. The Bertz CT molecular complexity index is 704. The molecule has 0 saturated carbocycles. The number of carbonyl (C=O) groups is 2. The second kappa shape index (κ2) is 8.31. The summed E-state index contributed by atoms with van der Waals surface area (Å²) in [6.07, 6.45) is 2.82. The standard InChI is InChI=1S/C22H30N2O4/c1-27-21(26)22(9-10-23-11-13-28-14-12-23)19-8-7-18(15-20(22)25)24(19)16-17-5-3-2-4-6-17/h2-6,18-19H,7-16H2,1H3/t18-,19+,22+/m1/s1. The van der Waals surface area contributed by atoms with Crippen molar-refractivity contribution in [2.75, 3.05) is 40.0 Å². The van der Waals surface area contributed by atoms with Crippen LogP contribution in [-0.4, -0.2) is 73.6 Å². The molecule has 1 aromatic carbocycles. The van der Waals surface area contributed by atoms with E-state index in [0.29, 0.717) is 26.1 Å². The van der Waals surface area contributed by atoms with Crippen LogP contribution in [0.4, 0.5) is 0 Å². The lowest BCUT2D eigenvalue weighted by molar-refractivity contribution is -0.168. The van der Waals surface area contributed by atoms with E-state index in [2.05, 4.69) is 21.9 Å². The van der Waals surface area contributed by atoms with Gasteiger partial charge in [0.05, 0.1) is 20.3 Å². The molecule has 3 aliphatic rings. The summed E-state index contributed by atoms with van der Waals surface area (Å²) in [4.78, 5) is 31.0.